The Morgan fingerprint density at radius 1 is 1.62 bits per heavy atom. The number of carbonyl (C=O) groups is 1. The van der Waals surface area contributed by atoms with Crippen molar-refractivity contribution >= 4 is 5.91 Å². The van der Waals surface area contributed by atoms with Crippen molar-refractivity contribution in [1.82, 2.24) is 0 Å². The van der Waals surface area contributed by atoms with Gasteiger partial charge in [-0.25, -0.2) is 4.79 Å². The van der Waals surface area contributed by atoms with Crippen LogP contribution < -0.4 is 5.73 Å². The molecular weight excluding hydrogens is 102 g/mol. The second kappa shape index (κ2) is 3.61. The van der Waals surface area contributed by atoms with E-state index in [-0.39, 0.29) is 5.91 Å². The van der Waals surface area contributed by atoms with E-state index in [4.69, 9.17) is 0 Å². The third-order valence-electron chi connectivity index (χ3n) is 1.00. The zero-order valence-corrected chi connectivity index (χ0v) is 5.61. The lowest BCUT2D eigenvalue weighted by molar-refractivity contribution is -0.305. The van der Waals surface area contributed by atoms with Crippen LogP contribution in [0.25, 0.3) is 0 Å². The van der Waals surface area contributed by atoms with Gasteiger partial charge in [0.05, 0.1) is 6.42 Å². The highest BCUT2D eigenvalue weighted by Gasteiger charge is 1.99. The maximum absolute atomic E-state index is 10.2. The van der Waals surface area contributed by atoms with Gasteiger partial charge in [-0.1, -0.05) is 13.8 Å². The molecule has 0 fully saturated rings. The standard InChI is InChI=1S/C6H13NO/c1-5(2)3-4-6(7)8/h5H,3-4H2,1-2H3,(H2,7,8)/p+1. The summed E-state index contributed by atoms with van der Waals surface area (Å²) < 4.78 is 0. The highest BCUT2D eigenvalue weighted by Crippen LogP contribution is 2.00. The summed E-state index contributed by atoms with van der Waals surface area (Å²) in [6.07, 6.45) is 1.61. The van der Waals surface area contributed by atoms with Crippen molar-refractivity contribution < 1.29 is 10.5 Å². The molecule has 0 heterocycles. The van der Waals surface area contributed by atoms with Crippen molar-refractivity contribution in [3.05, 3.63) is 0 Å². The number of hydrogen-bond acceptors (Lipinski definition) is 1. The fraction of sp³-hybridized carbons (Fsp3) is 0.833. The summed E-state index contributed by atoms with van der Waals surface area (Å²) in [5.41, 5.74) is 3.27. The van der Waals surface area contributed by atoms with E-state index in [1.54, 1.807) is 0 Å². The van der Waals surface area contributed by atoms with Crippen molar-refractivity contribution in [3.8, 4) is 0 Å². The normalized spacial score (nSPS) is 10.0. The van der Waals surface area contributed by atoms with Crippen LogP contribution in [0.5, 0.6) is 0 Å². The van der Waals surface area contributed by atoms with Gasteiger partial charge in [0.15, 0.2) is 0 Å². The molecule has 1 amide bonds. The quantitative estimate of drug-likeness (QED) is 0.562. The number of quaternary nitrogens is 1. The van der Waals surface area contributed by atoms with Crippen LogP contribution in [-0.4, -0.2) is 5.91 Å². The van der Waals surface area contributed by atoms with Crippen molar-refractivity contribution in [2.45, 2.75) is 26.7 Å². The maximum atomic E-state index is 10.2. The first-order chi connectivity index (χ1) is 3.63. The predicted octanol–water partition coefficient (Wildman–Crippen LogP) is 0.191. The number of amides is 1. The van der Waals surface area contributed by atoms with Gasteiger partial charge in [-0.05, 0) is 12.3 Å². The summed E-state index contributed by atoms with van der Waals surface area (Å²) in [5.74, 6) is 0.680. The first-order valence-corrected chi connectivity index (χ1v) is 2.97. The molecule has 2 heteroatoms. The Bertz CT molecular complexity index is 78.6. The Labute approximate surface area is 50.1 Å². The van der Waals surface area contributed by atoms with Gasteiger partial charge in [0.2, 0.25) is 0 Å². The van der Waals surface area contributed by atoms with Crippen LogP contribution in [0.2, 0.25) is 0 Å². The van der Waals surface area contributed by atoms with Crippen LogP contribution in [0.1, 0.15) is 26.7 Å². The average Bonchev–Trinajstić information content (AvgIpc) is 1.61. The Morgan fingerprint density at radius 3 is 2.25 bits per heavy atom. The second-order valence-corrected chi connectivity index (χ2v) is 2.47. The first kappa shape index (κ1) is 7.63. The zero-order chi connectivity index (χ0) is 6.57. The minimum absolute atomic E-state index is 0.0544. The van der Waals surface area contributed by atoms with Crippen LogP contribution in [0.4, 0.5) is 0 Å². The lowest BCUT2D eigenvalue weighted by atomic mass is 10.1. The Morgan fingerprint density at radius 2 is 2.12 bits per heavy atom. The fourth-order valence-electron chi connectivity index (χ4n) is 0.450. The number of hydrogen-bond donors (Lipinski definition) is 1. The molecule has 0 unspecified atom stereocenters. The van der Waals surface area contributed by atoms with Crippen LogP contribution in [0.3, 0.4) is 0 Å². The third-order valence-corrected chi connectivity index (χ3v) is 1.00. The van der Waals surface area contributed by atoms with Crippen LogP contribution in [0, 0.1) is 5.92 Å². The van der Waals surface area contributed by atoms with Gasteiger partial charge in [0, 0.05) is 0 Å². The van der Waals surface area contributed by atoms with E-state index in [1.165, 1.54) is 0 Å². The SMILES string of the molecule is CC(C)CCC([NH3+])=O. The highest BCUT2D eigenvalue weighted by atomic mass is 16.1. The number of rotatable bonds is 3. The van der Waals surface area contributed by atoms with Gasteiger partial charge < -0.3 is 0 Å². The van der Waals surface area contributed by atoms with E-state index in [0.29, 0.717) is 12.3 Å². The molecule has 0 saturated carbocycles. The van der Waals surface area contributed by atoms with Crippen molar-refractivity contribution in [2.75, 3.05) is 0 Å². The van der Waals surface area contributed by atoms with Crippen molar-refractivity contribution in [3.63, 3.8) is 0 Å². The largest absolute Gasteiger partial charge is 0.308 e. The smallest absolute Gasteiger partial charge is 0.295 e. The Balaban J connectivity index is 3.05. The molecule has 0 saturated heterocycles. The molecule has 0 aromatic rings. The van der Waals surface area contributed by atoms with E-state index in [0.717, 1.165) is 6.42 Å². The van der Waals surface area contributed by atoms with E-state index in [9.17, 15) is 4.79 Å². The van der Waals surface area contributed by atoms with Gasteiger partial charge >= 0.3 is 5.91 Å². The molecule has 0 rings (SSSR count). The molecule has 0 aliphatic rings. The average molecular weight is 116 g/mol. The molecule has 0 radical (unpaired) electrons. The summed E-state index contributed by atoms with van der Waals surface area (Å²) >= 11 is 0. The molecule has 0 aromatic heterocycles. The summed E-state index contributed by atoms with van der Waals surface area (Å²) in [6.45, 7) is 4.20. The van der Waals surface area contributed by atoms with Gasteiger partial charge in [-0.3, -0.25) is 5.73 Å². The molecule has 0 spiro atoms. The van der Waals surface area contributed by atoms with Gasteiger partial charge in [-0.15, -0.1) is 0 Å². The zero-order valence-electron chi connectivity index (χ0n) is 5.61. The lowest BCUT2D eigenvalue weighted by Crippen LogP contribution is -2.56. The molecule has 3 N–H and O–H groups in total. The Kier molecular flexibility index (Phi) is 3.44. The maximum Gasteiger partial charge on any atom is 0.308 e. The first-order valence-electron chi connectivity index (χ1n) is 2.97. The van der Waals surface area contributed by atoms with Gasteiger partial charge in [0.1, 0.15) is 0 Å². The lowest BCUT2D eigenvalue weighted by Gasteiger charge is -1.96. The van der Waals surface area contributed by atoms with Gasteiger partial charge in [-0.2, -0.15) is 0 Å². The third kappa shape index (κ3) is 5.63. The molecule has 0 bridgehead atoms. The summed E-state index contributed by atoms with van der Waals surface area (Å²) in [4.78, 5) is 10.2. The summed E-state index contributed by atoms with van der Waals surface area (Å²) in [6, 6.07) is 0. The minimum Gasteiger partial charge on any atom is -0.295 e. The second-order valence-electron chi connectivity index (χ2n) is 2.47. The molecule has 0 atom stereocenters. The topological polar surface area (TPSA) is 44.7 Å². The van der Waals surface area contributed by atoms with Gasteiger partial charge in [0.25, 0.3) is 0 Å². The Hall–Kier alpha value is -0.370. The minimum atomic E-state index is 0.0544. The molecule has 0 aliphatic heterocycles. The molecule has 2 nitrogen and oxygen atoms in total. The van der Waals surface area contributed by atoms with E-state index in [1.807, 2.05) is 0 Å². The van der Waals surface area contributed by atoms with Crippen molar-refractivity contribution in [1.29, 1.82) is 0 Å². The molecule has 0 aliphatic carbocycles. The van der Waals surface area contributed by atoms with E-state index in [2.05, 4.69) is 19.6 Å². The summed E-state index contributed by atoms with van der Waals surface area (Å²) in [7, 11) is 0. The van der Waals surface area contributed by atoms with E-state index < -0.39 is 0 Å². The van der Waals surface area contributed by atoms with Crippen molar-refractivity contribution in [2.24, 2.45) is 5.92 Å². The van der Waals surface area contributed by atoms with Crippen LogP contribution >= 0.6 is 0 Å². The fourth-order valence-corrected chi connectivity index (χ4v) is 0.450. The van der Waals surface area contributed by atoms with Crippen LogP contribution in [0.15, 0.2) is 0 Å². The summed E-state index contributed by atoms with van der Waals surface area (Å²) in [5, 5.41) is 0. The monoisotopic (exact) mass is 116 g/mol. The van der Waals surface area contributed by atoms with E-state index >= 15 is 0 Å². The predicted molar refractivity (Wildman–Crippen MR) is 32.0 cm³/mol. The molecular formula is C6H14NO+. The van der Waals surface area contributed by atoms with Crippen LogP contribution in [-0.2, 0) is 4.79 Å². The molecule has 8 heavy (non-hydrogen) atoms. The molecule has 48 valence electrons. The highest BCUT2D eigenvalue weighted by molar-refractivity contribution is 5.64. The number of carbonyl (C=O) groups excluding carboxylic acids is 1. The molecule has 0 aromatic carbocycles.